The van der Waals surface area contributed by atoms with Crippen LogP contribution in [0, 0.1) is 5.92 Å². The summed E-state index contributed by atoms with van der Waals surface area (Å²) < 4.78 is 0. The number of carbonyl (C=O) groups excluding carboxylic acids is 2. The lowest BCUT2D eigenvalue weighted by Gasteiger charge is -2.19. The van der Waals surface area contributed by atoms with Crippen LogP contribution in [0.2, 0.25) is 0 Å². The van der Waals surface area contributed by atoms with Crippen molar-refractivity contribution in [3.63, 3.8) is 0 Å². The minimum absolute atomic E-state index is 0.00582. The molecule has 0 aromatic heterocycles. The Kier molecular flexibility index (Phi) is 6.33. The molecule has 1 aromatic carbocycles. The third-order valence-electron chi connectivity index (χ3n) is 3.18. The first kappa shape index (κ1) is 17.1. The van der Waals surface area contributed by atoms with E-state index in [1.807, 2.05) is 13.8 Å². The highest BCUT2D eigenvalue weighted by molar-refractivity contribution is 5.97. The molecular weight excluding hydrogens is 270 g/mol. The molecule has 21 heavy (non-hydrogen) atoms. The zero-order valence-corrected chi connectivity index (χ0v) is 12.6. The highest BCUT2D eigenvalue weighted by atomic mass is 16.3. The minimum Gasteiger partial charge on any atom is -0.392 e. The second kappa shape index (κ2) is 7.75. The second-order valence-electron chi connectivity index (χ2n) is 5.34. The Labute approximate surface area is 124 Å². The number of anilines is 1. The van der Waals surface area contributed by atoms with E-state index >= 15 is 0 Å². The molecule has 1 rings (SSSR count). The molecule has 2 amide bonds. The molecule has 0 aliphatic heterocycles. The van der Waals surface area contributed by atoms with E-state index in [0.717, 1.165) is 5.56 Å². The van der Waals surface area contributed by atoms with E-state index in [9.17, 15) is 9.59 Å². The second-order valence-corrected chi connectivity index (χ2v) is 5.34. The molecular formula is C15H23N3O3. The third kappa shape index (κ3) is 5.17. The lowest BCUT2D eigenvalue weighted by Crippen LogP contribution is -2.50. The maximum atomic E-state index is 12.0. The zero-order chi connectivity index (χ0) is 16.0. The number of amides is 2. The Morgan fingerprint density at radius 1 is 1.14 bits per heavy atom. The van der Waals surface area contributed by atoms with Crippen molar-refractivity contribution in [2.45, 2.75) is 39.5 Å². The molecule has 116 valence electrons. The van der Waals surface area contributed by atoms with Crippen molar-refractivity contribution in [3.05, 3.63) is 29.8 Å². The van der Waals surface area contributed by atoms with E-state index in [-0.39, 0.29) is 24.3 Å². The summed E-state index contributed by atoms with van der Waals surface area (Å²) in [7, 11) is 0. The predicted molar refractivity (Wildman–Crippen MR) is 81.4 cm³/mol. The maximum Gasteiger partial charge on any atom is 0.246 e. The van der Waals surface area contributed by atoms with Crippen LogP contribution in [0.4, 0.5) is 5.69 Å². The lowest BCUT2D eigenvalue weighted by molar-refractivity contribution is -0.127. The highest BCUT2D eigenvalue weighted by Crippen LogP contribution is 2.10. The molecule has 1 aromatic rings. The van der Waals surface area contributed by atoms with Crippen molar-refractivity contribution in [1.29, 1.82) is 0 Å². The SMILES string of the molecule is CC(C)[C@@H](N)C(=O)N[C@@H](C)C(=O)Nc1ccc(CO)cc1. The Morgan fingerprint density at radius 2 is 1.71 bits per heavy atom. The Hall–Kier alpha value is -1.92. The topological polar surface area (TPSA) is 104 Å². The summed E-state index contributed by atoms with van der Waals surface area (Å²) in [6, 6.07) is 5.50. The lowest BCUT2D eigenvalue weighted by atomic mass is 10.0. The normalized spacial score (nSPS) is 13.6. The van der Waals surface area contributed by atoms with Crippen LogP contribution < -0.4 is 16.4 Å². The van der Waals surface area contributed by atoms with Crippen LogP contribution in [0.25, 0.3) is 0 Å². The number of carbonyl (C=O) groups is 2. The van der Waals surface area contributed by atoms with Gasteiger partial charge in [0.1, 0.15) is 6.04 Å². The first-order chi connectivity index (χ1) is 9.85. The monoisotopic (exact) mass is 293 g/mol. The van der Waals surface area contributed by atoms with E-state index in [1.54, 1.807) is 31.2 Å². The molecule has 6 nitrogen and oxygen atoms in total. The van der Waals surface area contributed by atoms with Crippen LogP contribution in [0.15, 0.2) is 24.3 Å². The van der Waals surface area contributed by atoms with Crippen LogP contribution in [-0.4, -0.2) is 29.0 Å². The maximum absolute atomic E-state index is 12.0. The number of hydrogen-bond donors (Lipinski definition) is 4. The molecule has 0 unspecified atom stereocenters. The quantitative estimate of drug-likeness (QED) is 0.616. The molecule has 0 saturated heterocycles. The van der Waals surface area contributed by atoms with E-state index in [0.29, 0.717) is 5.69 Å². The summed E-state index contributed by atoms with van der Waals surface area (Å²) in [4.78, 5) is 23.8. The third-order valence-corrected chi connectivity index (χ3v) is 3.18. The molecule has 0 heterocycles. The summed E-state index contributed by atoms with van der Waals surface area (Å²) in [5.41, 5.74) is 7.09. The van der Waals surface area contributed by atoms with Gasteiger partial charge < -0.3 is 21.5 Å². The molecule has 0 saturated carbocycles. The smallest absolute Gasteiger partial charge is 0.246 e. The van der Waals surface area contributed by atoms with Crippen LogP contribution in [0.1, 0.15) is 26.3 Å². The Bertz CT molecular complexity index is 485. The average molecular weight is 293 g/mol. The van der Waals surface area contributed by atoms with Crippen molar-refractivity contribution >= 4 is 17.5 Å². The van der Waals surface area contributed by atoms with Gasteiger partial charge in [0.15, 0.2) is 0 Å². The molecule has 0 aliphatic rings. The van der Waals surface area contributed by atoms with Gasteiger partial charge in [0.05, 0.1) is 12.6 Å². The molecule has 0 aliphatic carbocycles. The van der Waals surface area contributed by atoms with Crippen LogP contribution in [0.3, 0.4) is 0 Å². The summed E-state index contributed by atoms with van der Waals surface area (Å²) in [6.45, 7) is 5.24. The van der Waals surface area contributed by atoms with Crippen molar-refractivity contribution in [3.8, 4) is 0 Å². The van der Waals surface area contributed by atoms with E-state index in [2.05, 4.69) is 10.6 Å². The van der Waals surface area contributed by atoms with Gasteiger partial charge in [0.25, 0.3) is 0 Å². The molecule has 6 heteroatoms. The van der Waals surface area contributed by atoms with Gasteiger partial charge >= 0.3 is 0 Å². The number of aliphatic hydroxyl groups excluding tert-OH is 1. The Balaban J connectivity index is 2.56. The number of nitrogens with two attached hydrogens (primary N) is 1. The molecule has 0 radical (unpaired) electrons. The van der Waals surface area contributed by atoms with Crippen molar-refractivity contribution < 1.29 is 14.7 Å². The van der Waals surface area contributed by atoms with Crippen molar-refractivity contribution in [2.75, 3.05) is 5.32 Å². The van der Waals surface area contributed by atoms with Gasteiger partial charge in [0, 0.05) is 5.69 Å². The van der Waals surface area contributed by atoms with Gasteiger partial charge in [-0.05, 0) is 30.5 Å². The Morgan fingerprint density at radius 3 is 2.19 bits per heavy atom. The number of nitrogens with one attached hydrogen (secondary N) is 2. The minimum atomic E-state index is -0.681. The fraction of sp³-hybridized carbons (Fsp3) is 0.467. The average Bonchev–Trinajstić information content (AvgIpc) is 2.46. The van der Waals surface area contributed by atoms with Gasteiger partial charge in [-0.2, -0.15) is 0 Å². The fourth-order valence-corrected chi connectivity index (χ4v) is 1.62. The largest absolute Gasteiger partial charge is 0.392 e. The van der Waals surface area contributed by atoms with E-state index in [1.165, 1.54) is 0 Å². The first-order valence-corrected chi connectivity index (χ1v) is 6.91. The first-order valence-electron chi connectivity index (χ1n) is 6.91. The standard InChI is InChI=1S/C15H23N3O3/c1-9(2)13(16)15(21)17-10(3)14(20)18-12-6-4-11(8-19)5-7-12/h4-7,9-10,13,19H,8,16H2,1-3H3,(H,17,21)(H,18,20)/t10-,13+/m0/s1. The molecule has 0 spiro atoms. The van der Waals surface area contributed by atoms with Gasteiger partial charge in [-0.25, -0.2) is 0 Å². The number of hydrogen-bond acceptors (Lipinski definition) is 4. The van der Waals surface area contributed by atoms with Crippen molar-refractivity contribution in [2.24, 2.45) is 11.7 Å². The fourth-order valence-electron chi connectivity index (χ4n) is 1.62. The summed E-state index contributed by atoms with van der Waals surface area (Å²) in [5.74, 6) is -0.661. The number of benzene rings is 1. The van der Waals surface area contributed by atoms with E-state index in [4.69, 9.17) is 10.8 Å². The number of aliphatic hydroxyl groups is 1. The van der Waals surface area contributed by atoms with Crippen LogP contribution >= 0.6 is 0 Å². The molecule has 0 fully saturated rings. The number of rotatable bonds is 6. The summed E-state index contributed by atoms with van der Waals surface area (Å²) in [5, 5.41) is 14.2. The van der Waals surface area contributed by atoms with E-state index < -0.39 is 12.1 Å². The zero-order valence-electron chi connectivity index (χ0n) is 12.6. The van der Waals surface area contributed by atoms with Gasteiger partial charge in [-0.15, -0.1) is 0 Å². The molecule has 0 bridgehead atoms. The molecule has 2 atom stereocenters. The predicted octanol–water partition coefficient (Wildman–Crippen LogP) is 0.605. The van der Waals surface area contributed by atoms with Crippen molar-refractivity contribution in [1.82, 2.24) is 5.32 Å². The van der Waals surface area contributed by atoms with Gasteiger partial charge in [0.2, 0.25) is 11.8 Å². The molecule has 5 N–H and O–H groups in total. The van der Waals surface area contributed by atoms with Gasteiger partial charge in [-0.3, -0.25) is 9.59 Å². The van der Waals surface area contributed by atoms with Crippen LogP contribution in [0.5, 0.6) is 0 Å². The van der Waals surface area contributed by atoms with Crippen LogP contribution in [-0.2, 0) is 16.2 Å². The summed E-state index contributed by atoms with van der Waals surface area (Å²) >= 11 is 0. The van der Waals surface area contributed by atoms with Gasteiger partial charge in [-0.1, -0.05) is 26.0 Å². The summed E-state index contributed by atoms with van der Waals surface area (Å²) in [6.07, 6.45) is 0. The highest BCUT2D eigenvalue weighted by Gasteiger charge is 2.22.